The molecule has 0 aliphatic heterocycles. The van der Waals surface area contributed by atoms with Crippen LogP contribution < -0.4 is 10.5 Å². The summed E-state index contributed by atoms with van der Waals surface area (Å²) in [6, 6.07) is 6.15. The van der Waals surface area contributed by atoms with Gasteiger partial charge in [0.15, 0.2) is 11.1 Å². The normalized spacial score (nSPS) is 12.4. The fourth-order valence-electron chi connectivity index (χ4n) is 1.77. The average molecular weight is 263 g/mol. The molecule has 18 heavy (non-hydrogen) atoms. The fraction of sp³-hybridized carbons (Fsp3) is 0.385. The number of aromatic nitrogens is 2. The highest BCUT2D eigenvalue weighted by molar-refractivity contribution is 7.15. The second kappa shape index (κ2) is 5.35. The molecule has 2 rings (SSSR count). The van der Waals surface area contributed by atoms with E-state index >= 15 is 0 Å². The van der Waals surface area contributed by atoms with E-state index in [1.165, 1.54) is 16.9 Å². The molecule has 0 spiro atoms. The van der Waals surface area contributed by atoms with E-state index in [2.05, 4.69) is 30.1 Å². The molecular weight excluding hydrogens is 246 g/mol. The summed E-state index contributed by atoms with van der Waals surface area (Å²) in [5.41, 5.74) is 7.96. The van der Waals surface area contributed by atoms with Gasteiger partial charge in [-0.15, -0.1) is 10.2 Å². The minimum Gasteiger partial charge on any atom is -0.483 e. The maximum absolute atomic E-state index is 6.00. The number of aryl methyl sites for hydroxylation is 2. The number of nitrogens with two attached hydrogens (primary N) is 1. The van der Waals surface area contributed by atoms with Gasteiger partial charge in [-0.25, -0.2) is 0 Å². The van der Waals surface area contributed by atoms with Gasteiger partial charge >= 0.3 is 0 Å². The summed E-state index contributed by atoms with van der Waals surface area (Å²) in [4.78, 5) is 0. The summed E-state index contributed by atoms with van der Waals surface area (Å²) in [7, 11) is 0. The summed E-state index contributed by atoms with van der Waals surface area (Å²) >= 11 is 1.38. The van der Waals surface area contributed by atoms with Gasteiger partial charge in [-0.1, -0.05) is 36.0 Å². The zero-order chi connectivity index (χ0) is 13.1. The molecule has 0 fully saturated rings. The van der Waals surface area contributed by atoms with Crippen molar-refractivity contribution in [2.75, 3.05) is 5.73 Å². The van der Waals surface area contributed by atoms with Crippen LogP contribution in [-0.2, 0) is 0 Å². The van der Waals surface area contributed by atoms with Gasteiger partial charge in [0.2, 0.25) is 5.13 Å². The summed E-state index contributed by atoms with van der Waals surface area (Å²) in [6.45, 7) is 6.18. The van der Waals surface area contributed by atoms with Gasteiger partial charge in [0, 0.05) is 0 Å². The molecule has 1 heterocycles. The molecule has 0 aliphatic carbocycles. The molecule has 1 aromatic carbocycles. The minimum atomic E-state index is -0.0822. The Bertz CT molecular complexity index is 539. The monoisotopic (exact) mass is 263 g/mol. The van der Waals surface area contributed by atoms with Crippen LogP contribution >= 0.6 is 11.3 Å². The van der Waals surface area contributed by atoms with Crippen molar-refractivity contribution in [2.24, 2.45) is 0 Å². The third kappa shape index (κ3) is 2.79. The zero-order valence-corrected chi connectivity index (χ0v) is 11.6. The molecule has 2 aromatic rings. The highest BCUT2D eigenvalue weighted by Crippen LogP contribution is 2.29. The van der Waals surface area contributed by atoms with Gasteiger partial charge in [0.05, 0.1) is 0 Å². The van der Waals surface area contributed by atoms with E-state index in [0.29, 0.717) is 5.13 Å². The first-order chi connectivity index (χ1) is 8.60. The van der Waals surface area contributed by atoms with E-state index in [-0.39, 0.29) is 6.10 Å². The van der Waals surface area contributed by atoms with E-state index in [4.69, 9.17) is 10.5 Å². The molecule has 0 aliphatic rings. The Morgan fingerprint density at radius 2 is 2.11 bits per heavy atom. The largest absolute Gasteiger partial charge is 0.483 e. The molecule has 1 unspecified atom stereocenters. The number of rotatable bonds is 4. The molecule has 1 atom stereocenters. The Balaban J connectivity index is 2.20. The number of nitrogens with zero attached hydrogens (tertiary/aromatic N) is 2. The van der Waals surface area contributed by atoms with Crippen molar-refractivity contribution in [1.82, 2.24) is 10.2 Å². The van der Waals surface area contributed by atoms with E-state index in [0.717, 1.165) is 22.7 Å². The van der Waals surface area contributed by atoms with Gasteiger partial charge in [-0.2, -0.15) is 0 Å². The summed E-state index contributed by atoms with van der Waals surface area (Å²) in [5.74, 6) is 0.890. The predicted molar refractivity (Wildman–Crippen MR) is 73.9 cm³/mol. The first-order valence-corrected chi connectivity index (χ1v) is 6.74. The van der Waals surface area contributed by atoms with Crippen molar-refractivity contribution in [2.45, 2.75) is 33.3 Å². The van der Waals surface area contributed by atoms with Crippen LogP contribution in [0.5, 0.6) is 5.75 Å². The quantitative estimate of drug-likeness (QED) is 0.919. The van der Waals surface area contributed by atoms with E-state index in [9.17, 15) is 0 Å². The molecule has 0 saturated carbocycles. The minimum absolute atomic E-state index is 0.0822. The van der Waals surface area contributed by atoms with Gasteiger partial charge in [-0.05, 0) is 31.9 Å². The zero-order valence-electron chi connectivity index (χ0n) is 10.8. The van der Waals surface area contributed by atoms with E-state index < -0.39 is 0 Å². The van der Waals surface area contributed by atoms with Gasteiger partial charge in [0.1, 0.15) is 5.75 Å². The SMILES string of the molecule is CCC(Oc1ccc(C)cc1C)c1nnc(N)s1. The summed E-state index contributed by atoms with van der Waals surface area (Å²) < 4.78 is 6.00. The van der Waals surface area contributed by atoms with Crippen LogP contribution in [0.15, 0.2) is 18.2 Å². The van der Waals surface area contributed by atoms with E-state index in [1.807, 2.05) is 19.1 Å². The molecular formula is C13H17N3OS. The Kier molecular flexibility index (Phi) is 3.81. The molecule has 4 nitrogen and oxygen atoms in total. The molecule has 0 amide bonds. The van der Waals surface area contributed by atoms with Crippen LogP contribution in [0.4, 0.5) is 5.13 Å². The highest BCUT2D eigenvalue weighted by atomic mass is 32.1. The number of nitrogen functional groups attached to an aromatic ring is 1. The van der Waals surface area contributed by atoms with Crippen LogP contribution in [-0.4, -0.2) is 10.2 Å². The van der Waals surface area contributed by atoms with Crippen molar-refractivity contribution in [3.8, 4) is 5.75 Å². The van der Waals surface area contributed by atoms with Crippen molar-refractivity contribution < 1.29 is 4.74 Å². The highest BCUT2D eigenvalue weighted by Gasteiger charge is 2.17. The summed E-state index contributed by atoms with van der Waals surface area (Å²) in [6.07, 6.45) is 0.753. The topological polar surface area (TPSA) is 61.0 Å². The van der Waals surface area contributed by atoms with Crippen LogP contribution in [0.3, 0.4) is 0 Å². The third-order valence-corrected chi connectivity index (χ3v) is 3.55. The fourth-order valence-corrected chi connectivity index (χ4v) is 2.49. The van der Waals surface area contributed by atoms with E-state index in [1.54, 1.807) is 0 Å². The Hall–Kier alpha value is -1.62. The molecule has 96 valence electrons. The maximum atomic E-state index is 6.00. The second-order valence-corrected chi connectivity index (χ2v) is 5.30. The Morgan fingerprint density at radius 1 is 1.33 bits per heavy atom. The molecule has 0 bridgehead atoms. The smallest absolute Gasteiger partial charge is 0.203 e. The number of ether oxygens (including phenoxy) is 1. The van der Waals surface area contributed by atoms with Crippen molar-refractivity contribution >= 4 is 16.5 Å². The molecule has 1 aromatic heterocycles. The van der Waals surface area contributed by atoms with Gasteiger partial charge < -0.3 is 10.5 Å². The molecule has 0 saturated heterocycles. The van der Waals surface area contributed by atoms with Gasteiger partial charge in [-0.3, -0.25) is 0 Å². The van der Waals surface area contributed by atoms with Crippen LogP contribution in [0, 0.1) is 13.8 Å². The molecule has 2 N–H and O–H groups in total. The van der Waals surface area contributed by atoms with Gasteiger partial charge in [0.25, 0.3) is 0 Å². The lowest BCUT2D eigenvalue weighted by atomic mass is 10.1. The van der Waals surface area contributed by atoms with Crippen LogP contribution in [0.2, 0.25) is 0 Å². The standard InChI is InChI=1S/C13H17N3OS/c1-4-10(12-15-16-13(14)18-12)17-11-6-5-8(2)7-9(11)3/h5-7,10H,4H2,1-3H3,(H2,14,16). The number of hydrogen-bond donors (Lipinski definition) is 1. The predicted octanol–water partition coefficient (Wildman–Crippen LogP) is 3.27. The number of benzene rings is 1. The lowest BCUT2D eigenvalue weighted by Crippen LogP contribution is -2.07. The summed E-state index contributed by atoms with van der Waals surface area (Å²) in [5, 5.41) is 9.19. The Morgan fingerprint density at radius 3 is 2.67 bits per heavy atom. The first kappa shape index (κ1) is 12.8. The molecule has 5 heteroatoms. The van der Waals surface area contributed by atoms with Crippen molar-refractivity contribution in [1.29, 1.82) is 0 Å². The third-order valence-electron chi connectivity index (χ3n) is 2.70. The van der Waals surface area contributed by atoms with Crippen molar-refractivity contribution in [3.05, 3.63) is 34.3 Å². The Labute approximate surface area is 111 Å². The van der Waals surface area contributed by atoms with Crippen molar-refractivity contribution in [3.63, 3.8) is 0 Å². The average Bonchev–Trinajstić information content (AvgIpc) is 2.75. The van der Waals surface area contributed by atoms with Crippen LogP contribution in [0.25, 0.3) is 0 Å². The number of hydrogen-bond acceptors (Lipinski definition) is 5. The number of anilines is 1. The molecule has 0 radical (unpaired) electrons. The maximum Gasteiger partial charge on any atom is 0.203 e. The lowest BCUT2D eigenvalue weighted by Gasteiger charge is -2.16. The lowest BCUT2D eigenvalue weighted by molar-refractivity contribution is 0.198. The second-order valence-electron chi connectivity index (χ2n) is 4.26. The first-order valence-electron chi connectivity index (χ1n) is 5.93. The van der Waals surface area contributed by atoms with Crippen LogP contribution in [0.1, 0.15) is 35.6 Å².